The van der Waals surface area contributed by atoms with E-state index in [9.17, 15) is 39.4 Å². The van der Waals surface area contributed by atoms with Gasteiger partial charge >= 0.3 is 22.1 Å². The maximum Gasteiger partial charge on any atom is 0.325 e. The van der Waals surface area contributed by atoms with Crippen LogP contribution >= 0.6 is 12.6 Å². The van der Waals surface area contributed by atoms with E-state index in [1.165, 1.54) is 0 Å². The Balaban J connectivity index is 4.91. The van der Waals surface area contributed by atoms with Crippen molar-refractivity contribution in [2.75, 3.05) is 12.3 Å². The topological polar surface area (TPSA) is 241 Å². The molecule has 0 bridgehead atoms. The smallest absolute Gasteiger partial charge is 0.325 e. The van der Waals surface area contributed by atoms with Crippen LogP contribution in [0.25, 0.3) is 0 Å². The highest BCUT2D eigenvalue weighted by molar-refractivity contribution is 7.80. The Morgan fingerprint density at radius 3 is 2.04 bits per heavy atom. The third-order valence-electron chi connectivity index (χ3n) is 2.73. The molecule has 0 rings (SSSR count). The van der Waals surface area contributed by atoms with Crippen molar-refractivity contribution in [2.45, 2.75) is 24.9 Å². The van der Waals surface area contributed by atoms with Crippen molar-refractivity contribution in [3.05, 3.63) is 20.2 Å². The first-order chi connectivity index (χ1) is 13.0. The van der Waals surface area contributed by atoms with Gasteiger partial charge in [-0.2, -0.15) is 22.5 Å². The molecular weight excluding hydrogens is 414 g/mol. The molecule has 17 nitrogen and oxygen atoms in total. The Bertz CT molecular complexity index is 614. The molecule has 0 aliphatic carbocycles. The largest absolute Gasteiger partial charge is 0.480 e. The van der Waals surface area contributed by atoms with Crippen LogP contribution in [0.4, 0.5) is 0 Å². The quantitative estimate of drug-likeness (QED) is 0.108. The number of carbonyl (C=O) groups is 4. The average Bonchev–Trinajstić information content (AvgIpc) is 2.56. The third kappa shape index (κ3) is 9.91. The number of aliphatic carboxylic acids is 2. The second-order valence-corrected chi connectivity index (χ2v) is 5.07. The van der Waals surface area contributed by atoms with Crippen LogP contribution in [0.1, 0.15) is 12.8 Å². The lowest BCUT2D eigenvalue weighted by Crippen LogP contribution is -2.49. The zero-order valence-corrected chi connectivity index (χ0v) is 14.6. The minimum absolute atomic E-state index is 0.236. The second-order valence-electron chi connectivity index (χ2n) is 4.70. The molecule has 0 aromatic carbocycles. The van der Waals surface area contributed by atoms with Crippen molar-refractivity contribution < 1.29 is 49.4 Å². The van der Waals surface area contributed by atoms with E-state index in [2.05, 4.69) is 27.8 Å². The summed E-state index contributed by atoms with van der Waals surface area (Å²) in [7, 11) is 0. The number of hydrogen-bond donors (Lipinski definition) is 5. The molecule has 0 aliphatic rings. The van der Waals surface area contributed by atoms with Crippen LogP contribution in [-0.2, 0) is 29.1 Å². The van der Waals surface area contributed by atoms with Crippen LogP contribution in [0.3, 0.4) is 0 Å². The molecule has 158 valence electrons. The number of thiol groups is 1. The highest BCUT2D eigenvalue weighted by Gasteiger charge is 2.33. The van der Waals surface area contributed by atoms with Gasteiger partial charge in [-0.3, -0.25) is 19.2 Å². The van der Waals surface area contributed by atoms with Gasteiger partial charge in [0, 0.05) is 17.4 Å². The molecule has 4 N–H and O–H groups in total. The number of carboxylic acid groups (broad SMARTS) is 2. The van der Waals surface area contributed by atoms with Gasteiger partial charge < -0.3 is 20.8 Å². The van der Waals surface area contributed by atoms with E-state index >= 15 is 0 Å². The summed E-state index contributed by atoms with van der Waals surface area (Å²) in [5.74, 6) is -5.23. The maximum absolute atomic E-state index is 11.8. The summed E-state index contributed by atoms with van der Waals surface area (Å²) in [5.41, 5.74) is 0. The average molecular weight is 429 g/mol. The molecule has 0 heterocycles. The van der Waals surface area contributed by atoms with Crippen molar-refractivity contribution in [1.29, 1.82) is 0 Å². The number of nitrogens with zero attached hydrogens (tertiary/aromatic N) is 3. The first-order valence-electron chi connectivity index (χ1n) is 7.04. The summed E-state index contributed by atoms with van der Waals surface area (Å²) in [6.45, 7) is -0.717. The van der Waals surface area contributed by atoms with Gasteiger partial charge in [-0.1, -0.05) is 0 Å². The minimum atomic E-state index is -2.13. The molecule has 0 aromatic heterocycles. The zero-order chi connectivity index (χ0) is 21.9. The predicted molar refractivity (Wildman–Crippen MR) is 85.1 cm³/mol. The van der Waals surface area contributed by atoms with Gasteiger partial charge in [0.25, 0.3) is 0 Å². The molecule has 0 saturated heterocycles. The van der Waals surface area contributed by atoms with Crippen LogP contribution in [0.5, 0.6) is 0 Å². The highest BCUT2D eigenvalue weighted by Crippen LogP contribution is 2.10. The molecule has 18 heteroatoms. The van der Waals surface area contributed by atoms with Crippen LogP contribution in [0.2, 0.25) is 0 Å². The molecule has 28 heavy (non-hydrogen) atoms. The summed E-state index contributed by atoms with van der Waals surface area (Å²) >= 11 is 3.81. The summed E-state index contributed by atoms with van der Waals surface area (Å²) in [6, 6.07) is -3.39. The summed E-state index contributed by atoms with van der Waals surface area (Å²) in [5, 5.41) is 38.5. The van der Waals surface area contributed by atoms with Gasteiger partial charge in [0.15, 0.2) is 6.04 Å². The molecule has 0 aliphatic heterocycles. The lowest BCUT2D eigenvalue weighted by atomic mass is 10.1. The number of carbonyl (C=O) groups excluding carboxylic acids is 2. The Hall–Kier alpha value is -3.41. The molecular formula is C10H15N5O12S. The van der Waals surface area contributed by atoms with Crippen molar-refractivity contribution in [3.63, 3.8) is 0 Å². The van der Waals surface area contributed by atoms with Crippen molar-refractivity contribution in [3.8, 4) is 0 Å². The van der Waals surface area contributed by atoms with Crippen LogP contribution in [0.15, 0.2) is 0 Å². The number of rotatable bonds is 14. The Morgan fingerprint density at radius 1 is 1.11 bits per heavy atom. The summed E-state index contributed by atoms with van der Waals surface area (Å²) in [4.78, 5) is 73.0. The number of amides is 2. The van der Waals surface area contributed by atoms with Crippen molar-refractivity contribution >= 4 is 36.4 Å². The predicted octanol–water partition coefficient (Wildman–Crippen LogP) is -2.62. The van der Waals surface area contributed by atoms with E-state index in [4.69, 9.17) is 10.2 Å². The molecule has 0 fully saturated rings. The standard InChI is InChI=1S/C10H15N5O12S/c16-7(12-5(4-28)9(19)11-3-8(17)18)2-1-6(10(20)21)13(26-14(22)23)27-15(24)25/h5-6,28H,1-4H2,(H,11,19)(H,12,16)(H,17,18)(H,20,21)/t5-,6-/m0/s1. The number of hydroxylamine groups is 2. The molecule has 0 aromatic rings. The van der Waals surface area contributed by atoms with E-state index in [0.29, 0.717) is 0 Å². The number of carboxylic acids is 2. The molecule has 2 atom stereocenters. The molecule has 0 spiro atoms. The summed E-state index contributed by atoms with van der Waals surface area (Å²) < 4.78 is 0. The van der Waals surface area contributed by atoms with Crippen molar-refractivity contribution in [1.82, 2.24) is 15.9 Å². The van der Waals surface area contributed by atoms with Crippen LogP contribution in [-0.4, -0.2) is 73.7 Å². The van der Waals surface area contributed by atoms with E-state index in [1.807, 2.05) is 5.32 Å². The van der Waals surface area contributed by atoms with Gasteiger partial charge in [0.1, 0.15) is 12.6 Å². The van der Waals surface area contributed by atoms with Gasteiger partial charge in [-0.25, -0.2) is 0 Å². The van der Waals surface area contributed by atoms with Gasteiger partial charge in [0.05, 0.1) is 0 Å². The molecule has 2 amide bonds. The van der Waals surface area contributed by atoms with E-state index in [0.717, 1.165) is 0 Å². The first kappa shape index (κ1) is 24.6. The SMILES string of the molecule is O=C(O)CNC(=O)[C@H](CS)NC(=O)CC[C@@H](C(=O)O)N(O[N+](=O)[O-])O[N+](=O)[O-]. The van der Waals surface area contributed by atoms with Gasteiger partial charge in [-0.15, -0.1) is 20.2 Å². The highest BCUT2D eigenvalue weighted by atomic mass is 32.1. The first-order valence-corrected chi connectivity index (χ1v) is 7.67. The fourth-order valence-electron chi connectivity index (χ4n) is 1.59. The second kappa shape index (κ2) is 12.1. The third-order valence-corrected chi connectivity index (χ3v) is 3.09. The van der Waals surface area contributed by atoms with Gasteiger partial charge in [-0.05, 0) is 6.42 Å². The Morgan fingerprint density at radius 2 is 1.64 bits per heavy atom. The van der Waals surface area contributed by atoms with Gasteiger partial charge in [0.2, 0.25) is 11.8 Å². The van der Waals surface area contributed by atoms with E-state index < -0.39 is 70.6 Å². The minimum Gasteiger partial charge on any atom is -0.480 e. The van der Waals surface area contributed by atoms with E-state index in [1.54, 1.807) is 0 Å². The summed E-state index contributed by atoms with van der Waals surface area (Å²) in [6.07, 6.45) is -1.43. The Kier molecular flexibility index (Phi) is 10.6. The lowest BCUT2D eigenvalue weighted by Gasteiger charge is -2.22. The van der Waals surface area contributed by atoms with E-state index in [-0.39, 0.29) is 5.75 Å². The molecule has 0 unspecified atom stereocenters. The number of nitrogens with one attached hydrogen (secondary N) is 2. The zero-order valence-electron chi connectivity index (χ0n) is 13.7. The fourth-order valence-corrected chi connectivity index (χ4v) is 1.85. The Labute approximate surface area is 160 Å². The maximum atomic E-state index is 11.8. The van der Waals surface area contributed by atoms with Crippen LogP contribution in [0, 0.1) is 20.2 Å². The number of hydrogen-bond acceptors (Lipinski definition) is 12. The van der Waals surface area contributed by atoms with Crippen molar-refractivity contribution in [2.24, 2.45) is 0 Å². The van der Waals surface area contributed by atoms with Crippen LogP contribution < -0.4 is 10.6 Å². The molecule has 0 radical (unpaired) electrons. The lowest BCUT2D eigenvalue weighted by molar-refractivity contribution is -0.926. The molecule has 0 saturated carbocycles. The fraction of sp³-hybridized carbons (Fsp3) is 0.600. The normalized spacial score (nSPS) is 12.4. The monoisotopic (exact) mass is 429 g/mol.